The van der Waals surface area contributed by atoms with Gasteiger partial charge in [0.25, 0.3) is 0 Å². The van der Waals surface area contributed by atoms with E-state index in [0.717, 1.165) is 19.5 Å². The van der Waals surface area contributed by atoms with Gasteiger partial charge in [0.2, 0.25) is 0 Å². The number of β-amino-alcohol motifs (C(OH)–C–C–N with tert-alkyl or cyclic N) is 1. The minimum absolute atomic E-state index is 0.298. The second kappa shape index (κ2) is 6.92. The van der Waals surface area contributed by atoms with E-state index in [1.165, 1.54) is 0 Å². The lowest BCUT2D eigenvalue weighted by Crippen LogP contribution is -2.37. The van der Waals surface area contributed by atoms with Crippen molar-refractivity contribution >= 4 is 5.69 Å². The van der Waals surface area contributed by atoms with E-state index < -0.39 is 6.10 Å². The molecule has 20 heavy (non-hydrogen) atoms. The van der Waals surface area contributed by atoms with E-state index >= 15 is 0 Å². The van der Waals surface area contributed by atoms with Gasteiger partial charge < -0.3 is 20.5 Å². The maximum Gasteiger partial charge on any atom is 0.121 e. The summed E-state index contributed by atoms with van der Waals surface area (Å²) in [5, 5.41) is 10.1. The lowest BCUT2D eigenvalue weighted by atomic mass is 10.2. The van der Waals surface area contributed by atoms with Gasteiger partial charge in [-0.3, -0.25) is 4.90 Å². The number of hydrogen-bond acceptors (Lipinski definition) is 5. The average Bonchev–Trinajstić information content (AvgIpc) is 2.85. The molecule has 2 atom stereocenters. The number of benzene rings is 1. The molecule has 0 bridgehead atoms. The van der Waals surface area contributed by atoms with Crippen molar-refractivity contribution in [2.75, 3.05) is 46.1 Å². The van der Waals surface area contributed by atoms with Crippen molar-refractivity contribution in [3.63, 3.8) is 0 Å². The Hall–Kier alpha value is -1.30. The predicted molar refractivity (Wildman–Crippen MR) is 80.9 cm³/mol. The number of hydrogen-bond donors (Lipinski definition) is 2. The largest absolute Gasteiger partial charge is 0.491 e. The topological polar surface area (TPSA) is 62.0 Å². The minimum atomic E-state index is -0.475. The van der Waals surface area contributed by atoms with E-state index in [9.17, 15) is 5.11 Å². The van der Waals surface area contributed by atoms with Crippen LogP contribution in [0.1, 0.15) is 6.42 Å². The molecule has 2 unspecified atom stereocenters. The number of nitrogens with two attached hydrogens (primary N) is 1. The van der Waals surface area contributed by atoms with Crippen LogP contribution in [-0.2, 0) is 0 Å². The molecule has 3 N–H and O–H groups in total. The number of likely N-dealkylation sites (tertiary alicyclic amines) is 1. The van der Waals surface area contributed by atoms with Gasteiger partial charge in [-0.25, -0.2) is 0 Å². The predicted octanol–water partition coefficient (Wildman–Crippen LogP) is 0.644. The summed E-state index contributed by atoms with van der Waals surface area (Å²) in [5.41, 5.74) is 6.36. The van der Waals surface area contributed by atoms with Crippen LogP contribution in [0.25, 0.3) is 0 Å². The molecule has 0 spiro atoms. The van der Waals surface area contributed by atoms with Crippen LogP contribution in [0.3, 0.4) is 0 Å². The van der Waals surface area contributed by atoms with Crippen LogP contribution < -0.4 is 10.5 Å². The fourth-order valence-corrected chi connectivity index (χ4v) is 2.55. The smallest absolute Gasteiger partial charge is 0.121 e. The van der Waals surface area contributed by atoms with E-state index in [1.807, 2.05) is 18.2 Å². The normalized spacial score (nSPS) is 21.3. The van der Waals surface area contributed by atoms with Crippen molar-refractivity contribution in [2.24, 2.45) is 0 Å². The van der Waals surface area contributed by atoms with Gasteiger partial charge >= 0.3 is 0 Å². The van der Waals surface area contributed by atoms with Gasteiger partial charge in [0.15, 0.2) is 0 Å². The first-order valence-electron chi connectivity index (χ1n) is 7.10. The number of rotatable bonds is 6. The molecule has 1 aromatic carbocycles. The van der Waals surface area contributed by atoms with Crippen LogP contribution in [-0.4, -0.2) is 67.4 Å². The molecule has 5 nitrogen and oxygen atoms in total. The summed E-state index contributed by atoms with van der Waals surface area (Å²) in [6.07, 6.45) is 0.688. The standard InChI is InChI=1S/C15H25N3O2/c1-17(2)13-6-7-18(9-13)10-14(19)11-20-15-5-3-4-12(16)8-15/h3-5,8,13-14,19H,6-7,9-11,16H2,1-2H3. The van der Waals surface area contributed by atoms with E-state index in [2.05, 4.69) is 23.9 Å². The number of aliphatic hydroxyl groups is 1. The highest BCUT2D eigenvalue weighted by atomic mass is 16.5. The minimum Gasteiger partial charge on any atom is -0.491 e. The van der Waals surface area contributed by atoms with Crippen LogP contribution in [0.4, 0.5) is 5.69 Å². The Morgan fingerprint density at radius 2 is 2.30 bits per heavy atom. The molecular formula is C15H25N3O2. The zero-order chi connectivity index (χ0) is 14.5. The van der Waals surface area contributed by atoms with Crippen molar-refractivity contribution in [1.82, 2.24) is 9.80 Å². The molecule has 0 aliphatic carbocycles. The maximum atomic E-state index is 10.1. The Bertz CT molecular complexity index is 425. The monoisotopic (exact) mass is 279 g/mol. The van der Waals surface area contributed by atoms with Gasteiger partial charge in [0.1, 0.15) is 18.5 Å². The zero-order valence-corrected chi connectivity index (χ0v) is 12.3. The first-order valence-corrected chi connectivity index (χ1v) is 7.10. The van der Waals surface area contributed by atoms with E-state index in [-0.39, 0.29) is 0 Å². The van der Waals surface area contributed by atoms with Gasteiger partial charge in [-0.05, 0) is 39.2 Å². The Kier molecular flexibility index (Phi) is 5.23. The van der Waals surface area contributed by atoms with Crippen molar-refractivity contribution in [3.05, 3.63) is 24.3 Å². The summed E-state index contributed by atoms with van der Waals surface area (Å²) in [6, 6.07) is 7.87. The number of nitrogens with zero attached hydrogens (tertiary/aromatic N) is 2. The fourth-order valence-electron chi connectivity index (χ4n) is 2.55. The van der Waals surface area contributed by atoms with Crippen molar-refractivity contribution < 1.29 is 9.84 Å². The number of anilines is 1. The summed E-state index contributed by atoms with van der Waals surface area (Å²) in [4.78, 5) is 4.54. The van der Waals surface area contributed by atoms with Gasteiger partial charge in [0.05, 0.1) is 0 Å². The molecule has 1 saturated heterocycles. The van der Waals surface area contributed by atoms with Crippen LogP contribution in [0.15, 0.2) is 24.3 Å². The van der Waals surface area contributed by atoms with E-state index in [4.69, 9.17) is 10.5 Å². The Morgan fingerprint density at radius 3 is 2.95 bits per heavy atom. The van der Waals surface area contributed by atoms with Crippen molar-refractivity contribution in [1.29, 1.82) is 0 Å². The third kappa shape index (κ3) is 4.37. The maximum absolute atomic E-state index is 10.1. The molecule has 1 fully saturated rings. The lowest BCUT2D eigenvalue weighted by molar-refractivity contribution is 0.0739. The molecule has 112 valence electrons. The van der Waals surface area contributed by atoms with E-state index in [0.29, 0.717) is 30.6 Å². The highest BCUT2D eigenvalue weighted by Gasteiger charge is 2.25. The molecule has 1 aliphatic heterocycles. The molecule has 1 aliphatic rings. The first-order chi connectivity index (χ1) is 9.54. The van der Waals surface area contributed by atoms with Crippen LogP contribution in [0, 0.1) is 0 Å². The summed E-state index contributed by atoms with van der Waals surface area (Å²) < 4.78 is 5.57. The molecule has 0 saturated carbocycles. The van der Waals surface area contributed by atoms with Crippen molar-refractivity contribution in [2.45, 2.75) is 18.6 Å². The molecule has 0 aromatic heterocycles. The molecule has 2 rings (SSSR count). The zero-order valence-electron chi connectivity index (χ0n) is 12.3. The van der Waals surface area contributed by atoms with Crippen LogP contribution >= 0.6 is 0 Å². The quantitative estimate of drug-likeness (QED) is 0.749. The van der Waals surface area contributed by atoms with Crippen molar-refractivity contribution in [3.8, 4) is 5.75 Å². The molecule has 0 radical (unpaired) electrons. The van der Waals surface area contributed by atoms with Gasteiger partial charge in [-0.15, -0.1) is 0 Å². The average molecular weight is 279 g/mol. The second-order valence-electron chi connectivity index (χ2n) is 5.70. The molecule has 5 heteroatoms. The highest BCUT2D eigenvalue weighted by Crippen LogP contribution is 2.16. The first kappa shape index (κ1) is 15.1. The number of ether oxygens (including phenoxy) is 1. The van der Waals surface area contributed by atoms with Gasteiger partial charge in [0, 0.05) is 30.9 Å². The Labute approximate surface area is 120 Å². The van der Waals surface area contributed by atoms with Crippen LogP contribution in [0.2, 0.25) is 0 Å². The fraction of sp³-hybridized carbons (Fsp3) is 0.600. The lowest BCUT2D eigenvalue weighted by Gasteiger charge is -2.22. The number of likely N-dealkylation sites (N-methyl/N-ethyl adjacent to an activating group) is 1. The third-order valence-corrected chi connectivity index (χ3v) is 3.75. The highest BCUT2D eigenvalue weighted by molar-refractivity contribution is 5.43. The summed E-state index contributed by atoms with van der Waals surface area (Å²) in [6.45, 7) is 3.01. The molecule has 0 amide bonds. The number of aliphatic hydroxyl groups excluding tert-OH is 1. The molecule has 1 aromatic rings. The Morgan fingerprint density at radius 1 is 1.50 bits per heavy atom. The molecule has 1 heterocycles. The van der Waals surface area contributed by atoms with Crippen LogP contribution in [0.5, 0.6) is 5.75 Å². The SMILES string of the molecule is CN(C)C1CCN(CC(O)COc2cccc(N)c2)C1. The van der Waals surface area contributed by atoms with Gasteiger partial charge in [-0.1, -0.05) is 6.07 Å². The Balaban J connectivity index is 1.72. The summed E-state index contributed by atoms with van der Waals surface area (Å²) in [5.74, 6) is 0.705. The van der Waals surface area contributed by atoms with Gasteiger partial charge in [-0.2, -0.15) is 0 Å². The summed E-state index contributed by atoms with van der Waals surface area (Å²) in [7, 11) is 4.21. The second-order valence-corrected chi connectivity index (χ2v) is 5.70. The summed E-state index contributed by atoms with van der Waals surface area (Å²) >= 11 is 0. The molecular weight excluding hydrogens is 254 g/mol. The number of nitrogen functional groups attached to an aromatic ring is 1. The van der Waals surface area contributed by atoms with E-state index in [1.54, 1.807) is 6.07 Å². The third-order valence-electron chi connectivity index (χ3n) is 3.75.